The fourth-order valence-corrected chi connectivity index (χ4v) is 3.62. The van der Waals surface area contributed by atoms with Gasteiger partial charge in [-0.2, -0.15) is 0 Å². The van der Waals surface area contributed by atoms with Gasteiger partial charge in [0.05, 0.1) is 6.10 Å². The van der Waals surface area contributed by atoms with Gasteiger partial charge in [0.1, 0.15) is 17.5 Å². The third-order valence-electron chi connectivity index (χ3n) is 4.80. The fraction of sp³-hybridized carbons (Fsp3) is 0.733. The number of hydrogen-bond donors (Lipinski definition) is 2. The van der Waals surface area contributed by atoms with Crippen LogP contribution >= 0.6 is 0 Å². The zero-order valence-electron chi connectivity index (χ0n) is 12.3. The maximum atomic E-state index is 10.0. The first kappa shape index (κ1) is 13.6. The second-order valence-corrected chi connectivity index (χ2v) is 6.20. The van der Waals surface area contributed by atoms with Crippen LogP contribution in [0.4, 0.5) is 11.6 Å². The Bertz CT molecular complexity index is 505. The van der Waals surface area contributed by atoms with Crippen LogP contribution in [0, 0.1) is 18.8 Å². The van der Waals surface area contributed by atoms with Crippen molar-refractivity contribution < 1.29 is 5.11 Å². The van der Waals surface area contributed by atoms with Crippen LogP contribution in [-0.2, 0) is 6.42 Å². The average molecular weight is 276 g/mol. The molecule has 5 heteroatoms. The number of rotatable bonds is 3. The highest BCUT2D eigenvalue weighted by atomic mass is 16.3. The van der Waals surface area contributed by atoms with Gasteiger partial charge in [0, 0.05) is 31.0 Å². The topological polar surface area (TPSA) is 75.3 Å². The van der Waals surface area contributed by atoms with Crippen molar-refractivity contribution in [2.75, 3.05) is 23.7 Å². The van der Waals surface area contributed by atoms with Crippen LogP contribution in [0.25, 0.3) is 0 Å². The molecular weight excluding hydrogens is 252 g/mol. The highest BCUT2D eigenvalue weighted by Gasteiger charge is 2.42. The van der Waals surface area contributed by atoms with Crippen molar-refractivity contribution >= 4 is 11.6 Å². The molecule has 3 unspecified atom stereocenters. The molecule has 3 atom stereocenters. The van der Waals surface area contributed by atoms with Crippen LogP contribution in [0.1, 0.15) is 37.6 Å². The molecule has 0 bridgehead atoms. The van der Waals surface area contributed by atoms with Crippen molar-refractivity contribution in [1.82, 2.24) is 9.97 Å². The number of aliphatic hydroxyl groups excluding tert-OH is 1. The van der Waals surface area contributed by atoms with E-state index >= 15 is 0 Å². The monoisotopic (exact) mass is 276 g/mol. The van der Waals surface area contributed by atoms with Crippen LogP contribution in [0.5, 0.6) is 0 Å². The third kappa shape index (κ3) is 2.24. The predicted octanol–water partition coefficient (Wildman–Crippen LogP) is 1.53. The molecule has 2 fully saturated rings. The average Bonchev–Trinajstić information content (AvgIpc) is 2.97. The third-order valence-corrected chi connectivity index (χ3v) is 4.80. The molecule has 0 amide bonds. The first-order valence-electron chi connectivity index (χ1n) is 7.66. The van der Waals surface area contributed by atoms with E-state index in [2.05, 4.69) is 16.8 Å². The lowest BCUT2D eigenvalue weighted by molar-refractivity contribution is 0.133. The van der Waals surface area contributed by atoms with Gasteiger partial charge in [0.15, 0.2) is 0 Å². The van der Waals surface area contributed by atoms with Gasteiger partial charge in [0.25, 0.3) is 0 Å². The van der Waals surface area contributed by atoms with Crippen LogP contribution in [0.2, 0.25) is 0 Å². The van der Waals surface area contributed by atoms with E-state index in [9.17, 15) is 5.11 Å². The molecule has 1 aromatic heterocycles. The molecule has 1 aliphatic carbocycles. The van der Waals surface area contributed by atoms with Gasteiger partial charge in [-0.15, -0.1) is 0 Å². The molecule has 1 aromatic rings. The summed E-state index contributed by atoms with van der Waals surface area (Å²) in [5, 5.41) is 10.0. The number of nitrogen functional groups attached to an aromatic ring is 1. The zero-order chi connectivity index (χ0) is 14.3. The van der Waals surface area contributed by atoms with E-state index in [4.69, 9.17) is 10.7 Å². The Morgan fingerprint density at radius 3 is 2.80 bits per heavy atom. The van der Waals surface area contributed by atoms with E-state index in [1.807, 2.05) is 6.92 Å². The number of aryl methyl sites for hydroxylation is 1. The maximum Gasteiger partial charge on any atom is 0.137 e. The van der Waals surface area contributed by atoms with Crippen LogP contribution < -0.4 is 10.6 Å². The van der Waals surface area contributed by atoms with Gasteiger partial charge in [-0.05, 0) is 32.1 Å². The number of aliphatic hydroxyl groups is 1. The number of anilines is 2. The molecule has 110 valence electrons. The van der Waals surface area contributed by atoms with Crippen LogP contribution in [-0.4, -0.2) is 34.3 Å². The largest absolute Gasteiger partial charge is 0.393 e. The smallest absolute Gasteiger partial charge is 0.137 e. The Hall–Kier alpha value is -1.36. The number of hydrogen-bond acceptors (Lipinski definition) is 5. The molecule has 5 nitrogen and oxygen atoms in total. The van der Waals surface area contributed by atoms with E-state index in [0.29, 0.717) is 17.7 Å². The summed E-state index contributed by atoms with van der Waals surface area (Å²) < 4.78 is 0. The summed E-state index contributed by atoms with van der Waals surface area (Å²) in [6, 6.07) is 0. The number of aromatic nitrogens is 2. The minimum atomic E-state index is -0.139. The molecule has 2 aliphatic rings. The quantitative estimate of drug-likeness (QED) is 0.875. The standard InChI is InChI=1S/C15H24N4O/c1-3-4-13-17-14(16)9(2)15(18-13)19-7-10-5-6-12(20)11(10)8-19/h10-12,20H,3-8H2,1-2H3,(H2,16,17,18). The van der Waals surface area contributed by atoms with Gasteiger partial charge >= 0.3 is 0 Å². The fourth-order valence-electron chi connectivity index (χ4n) is 3.62. The van der Waals surface area contributed by atoms with E-state index in [-0.39, 0.29) is 6.10 Å². The molecule has 0 radical (unpaired) electrons. The molecule has 0 spiro atoms. The SMILES string of the molecule is CCCc1nc(N)c(C)c(N2CC3CCC(O)C3C2)n1. The summed E-state index contributed by atoms with van der Waals surface area (Å²) in [7, 11) is 0. The molecule has 3 N–H and O–H groups in total. The number of nitrogens with two attached hydrogens (primary N) is 1. The summed E-state index contributed by atoms with van der Waals surface area (Å²) in [5.74, 6) is 3.41. The lowest BCUT2D eigenvalue weighted by Crippen LogP contribution is -2.26. The summed E-state index contributed by atoms with van der Waals surface area (Å²) in [5.41, 5.74) is 7.01. The minimum absolute atomic E-state index is 0.139. The zero-order valence-corrected chi connectivity index (χ0v) is 12.3. The van der Waals surface area contributed by atoms with Crippen molar-refractivity contribution in [3.63, 3.8) is 0 Å². The molecule has 1 saturated carbocycles. The van der Waals surface area contributed by atoms with Gasteiger partial charge in [-0.3, -0.25) is 0 Å². The van der Waals surface area contributed by atoms with Gasteiger partial charge < -0.3 is 15.7 Å². The highest BCUT2D eigenvalue weighted by Crippen LogP contribution is 2.40. The van der Waals surface area contributed by atoms with Crippen LogP contribution in [0.15, 0.2) is 0 Å². The van der Waals surface area contributed by atoms with E-state index in [1.165, 1.54) is 0 Å². The normalized spacial score (nSPS) is 28.9. The Morgan fingerprint density at radius 2 is 2.10 bits per heavy atom. The Morgan fingerprint density at radius 1 is 1.30 bits per heavy atom. The number of fused-ring (bicyclic) bond motifs is 1. The van der Waals surface area contributed by atoms with Crippen molar-refractivity contribution in [2.24, 2.45) is 11.8 Å². The highest BCUT2D eigenvalue weighted by molar-refractivity contribution is 5.57. The maximum absolute atomic E-state index is 10.0. The molecular formula is C15H24N4O. The lowest BCUT2D eigenvalue weighted by atomic mass is 10.00. The van der Waals surface area contributed by atoms with Gasteiger partial charge in [-0.1, -0.05) is 6.92 Å². The molecule has 2 heterocycles. The second kappa shape index (κ2) is 5.20. The molecule has 0 aromatic carbocycles. The number of nitrogens with zero attached hydrogens (tertiary/aromatic N) is 3. The van der Waals surface area contributed by atoms with Crippen molar-refractivity contribution in [1.29, 1.82) is 0 Å². The van der Waals surface area contributed by atoms with E-state index in [1.54, 1.807) is 0 Å². The van der Waals surface area contributed by atoms with Gasteiger partial charge in [-0.25, -0.2) is 9.97 Å². The summed E-state index contributed by atoms with van der Waals surface area (Å²) in [6.07, 6.45) is 3.82. The molecule has 1 aliphatic heterocycles. The summed E-state index contributed by atoms with van der Waals surface area (Å²) in [4.78, 5) is 11.4. The Kier molecular flexibility index (Phi) is 3.54. The lowest BCUT2D eigenvalue weighted by Gasteiger charge is -2.22. The molecule has 20 heavy (non-hydrogen) atoms. The summed E-state index contributed by atoms with van der Waals surface area (Å²) in [6.45, 7) is 6.00. The first-order chi connectivity index (χ1) is 9.60. The van der Waals surface area contributed by atoms with Crippen LogP contribution in [0.3, 0.4) is 0 Å². The summed E-state index contributed by atoms with van der Waals surface area (Å²) >= 11 is 0. The Labute approximate surface area is 120 Å². The van der Waals surface area contributed by atoms with Crippen molar-refractivity contribution in [3.8, 4) is 0 Å². The molecule has 3 rings (SSSR count). The first-order valence-corrected chi connectivity index (χ1v) is 7.66. The van der Waals surface area contributed by atoms with Gasteiger partial charge in [0.2, 0.25) is 0 Å². The van der Waals surface area contributed by atoms with Crippen molar-refractivity contribution in [3.05, 3.63) is 11.4 Å². The van der Waals surface area contributed by atoms with E-state index in [0.717, 1.165) is 56.0 Å². The minimum Gasteiger partial charge on any atom is -0.393 e. The predicted molar refractivity (Wildman–Crippen MR) is 79.6 cm³/mol. The second-order valence-electron chi connectivity index (χ2n) is 6.20. The molecule has 1 saturated heterocycles. The van der Waals surface area contributed by atoms with Crippen molar-refractivity contribution in [2.45, 2.75) is 45.6 Å². The Balaban J connectivity index is 1.87. The van der Waals surface area contributed by atoms with E-state index < -0.39 is 0 Å².